The maximum Gasteiger partial charge on any atom is 0.410 e. The fourth-order valence-corrected chi connectivity index (χ4v) is 5.98. The van der Waals surface area contributed by atoms with Crippen LogP contribution in [0.5, 0.6) is 0 Å². The third kappa shape index (κ3) is 5.06. The summed E-state index contributed by atoms with van der Waals surface area (Å²) in [6.45, 7) is 7.39. The lowest BCUT2D eigenvalue weighted by atomic mass is 10.0. The Bertz CT molecular complexity index is 1740. The Hall–Kier alpha value is -4.24. The molecule has 41 heavy (non-hydrogen) atoms. The average molecular weight is 550 g/mol. The Morgan fingerprint density at radius 1 is 0.902 bits per heavy atom. The van der Waals surface area contributed by atoms with E-state index in [2.05, 4.69) is 56.7 Å². The van der Waals surface area contributed by atoms with Gasteiger partial charge in [-0.05, 0) is 88.4 Å². The average Bonchev–Trinajstić information content (AvgIpc) is 3.77. The molecule has 0 aliphatic carbocycles. The number of rotatable bonds is 4. The normalized spacial score (nSPS) is 19.4. The van der Waals surface area contributed by atoms with Gasteiger partial charge in [0.2, 0.25) is 0 Å². The van der Waals surface area contributed by atoms with Crippen LogP contribution in [0.25, 0.3) is 44.3 Å². The number of hydrogen-bond acceptors (Lipinski definition) is 6. The van der Waals surface area contributed by atoms with Gasteiger partial charge in [-0.15, -0.1) is 0 Å². The number of carbonyl (C=O) groups excluding carboxylic acids is 1. The first-order chi connectivity index (χ1) is 19.8. The van der Waals surface area contributed by atoms with Crippen LogP contribution in [-0.4, -0.2) is 54.6 Å². The van der Waals surface area contributed by atoms with E-state index in [1.165, 1.54) is 6.42 Å². The van der Waals surface area contributed by atoms with E-state index in [1.807, 2.05) is 39.2 Å². The molecule has 9 heteroatoms. The van der Waals surface area contributed by atoms with Crippen LogP contribution in [0.2, 0.25) is 0 Å². The van der Waals surface area contributed by atoms with E-state index in [0.717, 1.165) is 81.8 Å². The summed E-state index contributed by atoms with van der Waals surface area (Å²) in [7, 11) is 0. The van der Waals surface area contributed by atoms with Crippen molar-refractivity contribution in [1.82, 2.24) is 35.1 Å². The molecule has 210 valence electrons. The van der Waals surface area contributed by atoms with Crippen LogP contribution in [0, 0.1) is 0 Å². The van der Waals surface area contributed by atoms with Gasteiger partial charge in [0.15, 0.2) is 0 Å². The van der Waals surface area contributed by atoms with Gasteiger partial charge < -0.3 is 20.0 Å². The number of nitrogens with one attached hydrogen (secondary N) is 3. The quantitative estimate of drug-likeness (QED) is 0.231. The zero-order chi connectivity index (χ0) is 28.1. The maximum atomic E-state index is 12.8. The predicted octanol–water partition coefficient (Wildman–Crippen LogP) is 6.66. The monoisotopic (exact) mass is 549 g/mol. The number of hydrogen-bond donors (Lipinski definition) is 3. The van der Waals surface area contributed by atoms with Crippen LogP contribution in [0.4, 0.5) is 4.79 Å². The van der Waals surface area contributed by atoms with E-state index in [1.54, 1.807) is 4.90 Å². The number of benzene rings is 2. The second kappa shape index (κ2) is 9.99. The van der Waals surface area contributed by atoms with Crippen molar-refractivity contribution in [2.75, 3.05) is 13.1 Å². The fraction of sp³-hybridized carbons (Fsp3) is 0.375. The molecule has 7 rings (SSSR count). The van der Waals surface area contributed by atoms with Gasteiger partial charge >= 0.3 is 6.09 Å². The summed E-state index contributed by atoms with van der Waals surface area (Å²) in [6.07, 6.45) is 7.61. The molecule has 2 aliphatic heterocycles. The van der Waals surface area contributed by atoms with Crippen molar-refractivity contribution in [3.63, 3.8) is 0 Å². The van der Waals surface area contributed by atoms with E-state index >= 15 is 0 Å². The Morgan fingerprint density at radius 3 is 2.59 bits per heavy atom. The van der Waals surface area contributed by atoms with Gasteiger partial charge in [0, 0.05) is 23.7 Å². The van der Waals surface area contributed by atoms with Gasteiger partial charge in [0.05, 0.1) is 40.5 Å². The minimum atomic E-state index is -0.529. The molecule has 0 saturated carbocycles. The van der Waals surface area contributed by atoms with Crippen molar-refractivity contribution in [3.05, 3.63) is 66.5 Å². The third-order valence-corrected chi connectivity index (χ3v) is 8.01. The lowest BCUT2D eigenvalue weighted by Crippen LogP contribution is -2.36. The Balaban J connectivity index is 1.13. The molecule has 5 aromatic rings. The number of aromatic nitrogens is 5. The summed E-state index contributed by atoms with van der Waals surface area (Å²) in [4.78, 5) is 35.8. The smallest absolute Gasteiger partial charge is 0.410 e. The summed E-state index contributed by atoms with van der Waals surface area (Å²) in [5.74, 6) is 1.80. The Labute approximate surface area is 238 Å². The van der Waals surface area contributed by atoms with Crippen molar-refractivity contribution in [2.24, 2.45) is 0 Å². The first-order valence-corrected chi connectivity index (χ1v) is 14.5. The molecule has 2 aromatic carbocycles. The molecule has 0 spiro atoms. The van der Waals surface area contributed by atoms with Gasteiger partial charge in [0.25, 0.3) is 0 Å². The van der Waals surface area contributed by atoms with E-state index in [0.29, 0.717) is 12.6 Å². The van der Waals surface area contributed by atoms with Crippen molar-refractivity contribution >= 4 is 28.0 Å². The molecule has 2 unspecified atom stereocenters. The number of H-pyrrole nitrogens is 2. The van der Waals surface area contributed by atoms with Crippen LogP contribution >= 0.6 is 0 Å². The van der Waals surface area contributed by atoms with Crippen molar-refractivity contribution < 1.29 is 9.53 Å². The topological polar surface area (TPSA) is 112 Å². The lowest BCUT2D eigenvalue weighted by molar-refractivity contribution is 0.0219. The second-order valence-electron chi connectivity index (χ2n) is 12.1. The van der Waals surface area contributed by atoms with Crippen molar-refractivity contribution in [3.8, 4) is 22.4 Å². The largest absolute Gasteiger partial charge is 0.444 e. The third-order valence-electron chi connectivity index (χ3n) is 8.01. The molecule has 0 radical (unpaired) electrons. The van der Waals surface area contributed by atoms with Gasteiger partial charge in [-0.1, -0.05) is 18.2 Å². The van der Waals surface area contributed by atoms with Crippen LogP contribution in [0.1, 0.15) is 70.2 Å². The van der Waals surface area contributed by atoms with Crippen LogP contribution in [0.15, 0.2) is 54.9 Å². The Morgan fingerprint density at radius 2 is 1.76 bits per heavy atom. The fourth-order valence-electron chi connectivity index (χ4n) is 5.98. The van der Waals surface area contributed by atoms with Gasteiger partial charge in [-0.25, -0.2) is 14.8 Å². The summed E-state index contributed by atoms with van der Waals surface area (Å²) >= 11 is 0. The minimum Gasteiger partial charge on any atom is -0.444 e. The van der Waals surface area contributed by atoms with E-state index in [-0.39, 0.29) is 12.1 Å². The Kier molecular flexibility index (Phi) is 6.27. The van der Waals surface area contributed by atoms with E-state index in [9.17, 15) is 4.79 Å². The SMILES string of the molecule is CC(C)(C)OC(=O)N1CCCC1c1nc2ccc(-c3ccc4cc(-c5cnc(C6CCCN6)[nH]5)cnc4c3)cc2[nH]1. The highest BCUT2D eigenvalue weighted by atomic mass is 16.6. The highest BCUT2D eigenvalue weighted by Gasteiger charge is 2.35. The molecule has 1 amide bonds. The highest BCUT2D eigenvalue weighted by Crippen LogP contribution is 2.34. The van der Waals surface area contributed by atoms with Gasteiger partial charge in [0.1, 0.15) is 17.2 Å². The van der Waals surface area contributed by atoms with E-state index in [4.69, 9.17) is 14.7 Å². The molecule has 9 nitrogen and oxygen atoms in total. The number of pyridine rings is 1. The van der Waals surface area contributed by atoms with Crippen LogP contribution in [0.3, 0.4) is 0 Å². The molecular weight excluding hydrogens is 514 g/mol. The number of carbonyl (C=O) groups is 1. The summed E-state index contributed by atoms with van der Waals surface area (Å²) < 4.78 is 5.65. The summed E-state index contributed by atoms with van der Waals surface area (Å²) in [5.41, 5.74) is 6.42. The zero-order valence-corrected chi connectivity index (χ0v) is 23.7. The maximum absolute atomic E-state index is 12.8. The molecule has 3 aromatic heterocycles. The van der Waals surface area contributed by atoms with Crippen molar-refractivity contribution in [2.45, 2.75) is 64.1 Å². The van der Waals surface area contributed by atoms with Gasteiger partial charge in [-0.3, -0.25) is 9.88 Å². The van der Waals surface area contributed by atoms with Crippen LogP contribution in [-0.2, 0) is 4.74 Å². The molecule has 2 aliphatic rings. The van der Waals surface area contributed by atoms with Crippen molar-refractivity contribution in [1.29, 1.82) is 0 Å². The number of fused-ring (bicyclic) bond motifs is 2. The number of aromatic amines is 2. The zero-order valence-electron chi connectivity index (χ0n) is 23.7. The molecule has 2 fully saturated rings. The number of likely N-dealkylation sites (tertiary alicyclic amines) is 1. The standard InChI is InChI=1S/C32H35N7O2/c1-32(2,3)41-31(40)39-13-5-7-28(39)30-36-23-11-10-20(16-26(23)37-30)19-8-9-21-14-22(17-34-25(21)15-19)27-18-35-29(38-27)24-6-4-12-33-24/h8-11,14-18,24,28,33H,4-7,12-13H2,1-3H3,(H,35,38)(H,36,37). The van der Waals surface area contributed by atoms with E-state index < -0.39 is 5.60 Å². The lowest BCUT2D eigenvalue weighted by Gasteiger charge is -2.27. The number of nitrogens with zero attached hydrogens (tertiary/aromatic N) is 4. The molecule has 5 heterocycles. The predicted molar refractivity (Wildman–Crippen MR) is 159 cm³/mol. The molecule has 2 atom stereocenters. The minimum absolute atomic E-state index is 0.111. The highest BCUT2D eigenvalue weighted by molar-refractivity contribution is 5.89. The van der Waals surface area contributed by atoms with Gasteiger partial charge in [-0.2, -0.15) is 0 Å². The number of imidazole rings is 2. The van der Waals surface area contributed by atoms with Crippen LogP contribution < -0.4 is 5.32 Å². The summed E-state index contributed by atoms with van der Waals surface area (Å²) in [6, 6.07) is 15.0. The number of amides is 1. The molecule has 0 bridgehead atoms. The first-order valence-electron chi connectivity index (χ1n) is 14.5. The number of ether oxygens (including phenoxy) is 1. The summed E-state index contributed by atoms with van der Waals surface area (Å²) in [5, 5.41) is 4.57. The first kappa shape index (κ1) is 25.7. The molecule has 2 saturated heterocycles. The second-order valence-corrected chi connectivity index (χ2v) is 12.1. The molecular formula is C32H35N7O2. The molecule has 3 N–H and O–H groups in total.